The number of aliphatic carboxylic acids is 1. The smallest absolute Gasteiger partial charge is 0.319 e. The van der Waals surface area contributed by atoms with E-state index in [1.165, 1.54) is 0 Å². The van der Waals surface area contributed by atoms with Crippen molar-refractivity contribution in [1.82, 2.24) is 5.23 Å². The summed E-state index contributed by atoms with van der Waals surface area (Å²) >= 11 is 0. The number of carbonyl (C=O) groups is 2. The van der Waals surface area contributed by atoms with Crippen molar-refractivity contribution in [3.8, 4) is 0 Å². The number of carboxylic acids is 1. The summed E-state index contributed by atoms with van der Waals surface area (Å²) < 4.78 is 0. The molecule has 0 saturated heterocycles. The summed E-state index contributed by atoms with van der Waals surface area (Å²) in [6, 6.07) is -0.611. The highest BCUT2D eigenvalue weighted by atomic mass is 16.4. The van der Waals surface area contributed by atoms with Crippen LogP contribution in [0.25, 0.3) is 0 Å². The zero-order valence-corrected chi connectivity index (χ0v) is 7.41. The molecule has 0 rings (SSSR count). The second-order valence-electron chi connectivity index (χ2n) is 2.78. The van der Waals surface area contributed by atoms with Gasteiger partial charge in [-0.25, -0.2) is 0 Å². The van der Waals surface area contributed by atoms with E-state index in [-0.39, 0.29) is 13.3 Å². The van der Waals surface area contributed by atoms with Crippen molar-refractivity contribution in [1.29, 1.82) is 0 Å². The molecule has 4 nitrogen and oxygen atoms in total. The summed E-state index contributed by atoms with van der Waals surface area (Å²) in [6.45, 7) is 3.76. The van der Waals surface area contributed by atoms with Crippen molar-refractivity contribution in [3.63, 3.8) is 0 Å². The van der Waals surface area contributed by atoms with E-state index in [1.54, 1.807) is 0 Å². The van der Waals surface area contributed by atoms with Crippen LogP contribution < -0.4 is 5.23 Å². The van der Waals surface area contributed by atoms with Crippen molar-refractivity contribution < 1.29 is 14.7 Å². The molecular formula is C7H14BNO3. The Morgan fingerprint density at radius 1 is 1.75 bits per heavy atom. The molecule has 2 N–H and O–H groups in total. The number of carboxylic acid groups (broad SMARTS) is 1. The van der Waals surface area contributed by atoms with Gasteiger partial charge in [0.1, 0.15) is 0 Å². The highest BCUT2D eigenvalue weighted by molar-refractivity contribution is 6.64. The molecule has 68 valence electrons. The normalized spacial score (nSPS) is 14.8. The molecule has 0 aromatic heterocycles. The van der Waals surface area contributed by atoms with Crippen LogP contribution in [0.15, 0.2) is 0 Å². The van der Waals surface area contributed by atoms with Gasteiger partial charge in [0.2, 0.25) is 0 Å². The monoisotopic (exact) mass is 171 g/mol. The van der Waals surface area contributed by atoms with E-state index in [0.29, 0.717) is 6.19 Å². The Kier molecular flexibility index (Phi) is 5.37. The maximum Gasteiger partial charge on any atom is 0.319 e. The molecule has 0 heterocycles. The van der Waals surface area contributed by atoms with Crippen LogP contribution in [0.3, 0.4) is 0 Å². The first-order chi connectivity index (χ1) is 5.63. The van der Waals surface area contributed by atoms with Gasteiger partial charge in [-0.2, -0.15) is 0 Å². The molecule has 0 saturated carbocycles. The summed E-state index contributed by atoms with van der Waals surface area (Å²) in [7, 11) is 0.0985. The molecule has 0 radical (unpaired) electrons. The van der Waals surface area contributed by atoms with E-state index in [0.717, 1.165) is 6.42 Å². The van der Waals surface area contributed by atoms with Crippen molar-refractivity contribution in [2.75, 3.05) is 0 Å². The van der Waals surface area contributed by atoms with Crippen LogP contribution in [0.1, 0.15) is 20.3 Å². The first-order valence-corrected chi connectivity index (χ1v) is 4.03. The topological polar surface area (TPSA) is 66.4 Å². The second kappa shape index (κ2) is 5.77. The lowest BCUT2D eigenvalue weighted by molar-refractivity contribution is -0.140. The van der Waals surface area contributed by atoms with E-state index in [2.05, 4.69) is 5.23 Å². The molecule has 0 aromatic carbocycles. The molecule has 12 heavy (non-hydrogen) atoms. The third-order valence-electron chi connectivity index (χ3n) is 1.90. The van der Waals surface area contributed by atoms with Gasteiger partial charge in [0.05, 0.1) is 12.2 Å². The zero-order valence-electron chi connectivity index (χ0n) is 7.41. The molecule has 0 spiro atoms. The average Bonchev–Trinajstić information content (AvgIpc) is 2.04. The lowest BCUT2D eigenvalue weighted by Gasteiger charge is -2.18. The lowest BCUT2D eigenvalue weighted by atomic mass is 9.90. The van der Waals surface area contributed by atoms with Gasteiger partial charge in [0, 0.05) is 0 Å². The molecule has 0 amide bonds. The minimum Gasteiger partial charge on any atom is -0.480 e. The summed E-state index contributed by atoms with van der Waals surface area (Å²) in [5, 5.41) is 11.4. The summed E-state index contributed by atoms with van der Waals surface area (Å²) in [4.78, 5) is 20.6. The molecule has 0 aliphatic carbocycles. The molecule has 0 unspecified atom stereocenters. The van der Waals surface area contributed by atoms with Gasteiger partial charge in [-0.1, -0.05) is 20.3 Å². The predicted octanol–water partition coefficient (Wildman–Crippen LogP) is -0.383. The van der Waals surface area contributed by atoms with Gasteiger partial charge < -0.3 is 15.1 Å². The fourth-order valence-electron chi connectivity index (χ4n) is 0.943. The Morgan fingerprint density at radius 3 is 2.67 bits per heavy atom. The standard InChI is InChI=1S/C7H14BNO3/c1-3-5(2)6(7(11)12)9-8-4-10/h4-6,8-9H,3H2,1-2H3,(H,11,12)/t5-,6-/m0/s1. The van der Waals surface area contributed by atoms with Gasteiger partial charge in [0.15, 0.2) is 0 Å². The van der Waals surface area contributed by atoms with Gasteiger partial charge in [-0.3, -0.25) is 4.79 Å². The first kappa shape index (κ1) is 11.2. The lowest BCUT2D eigenvalue weighted by Crippen LogP contribution is -2.44. The highest BCUT2D eigenvalue weighted by Crippen LogP contribution is 2.06. The fourth-order valence-corrected chi connectivity index (χ4v) is 0.943. The quantitative estimate of drug-likeness (QED) is 0.422. The second-order valence-corrected chi connectivity index (χ2v) is 2.78. The largest absolute Gasteiger partial charge is 0.480 e. The highest BCUT2D eigenvalue weighted by Gasteiger charge is 2.21. The predicted molar refractivity (Wildman–Crippen MR) is 47.9 cm³/mol. The molecular weight excluding hydrogens is 157 g/mol. The van der Waals surface area contributed by atoms with E-state index < -0.39 is 12.0 Å². The Bertz CT molecular complexity index is 163. The Balaban J connectivity index is 4.02. The number of carbonyl (C=O) groups excluding carboxylic acids is 1. The average molecular weight is 171 g/mol. The summed E-state index contributed by atoms with van der Waals surface area (Å²) in [5.74, 6) is -0.853. The van der Waals surface area contributed by atoms with Crippen molar-refractivity contribution in [2.45, 2.75) is 26.3 Å². The molecule has 5 heteroatoms. The van der Waals surface area contributed by atoms with Crippen LogP contribution in [-0.2, 0) is 9.59 Å². The van der Waals surface area contributed by atoms with Crippen LogP contribution >= 0.6 is 0 Å². The maximum absolute atomic E-state index is 10.6. The molecule has 2 atom stereocenters. The van der Waals surface area contributed by atoms with Crippen molar-refractivity contribution in [3.05, 3.63) is 0 Å². The van der Waals surface area contributed by atoms with E-state index >= 15 is 0 Å². The molecule has 0 fully saturated rings. The number of nitrogens with one attached hydrogen (secondary N) is 1. The van der Waals surface area contributed by atoms with Crippen LogP contribution in [0.4, 0.5) is 0 Å². The third kappa shape index (κ3) is 3.53. The SMILES string of the molecule is CC[C@H](C)[C@H](NBC=O)C(=O)O. The fraction of sp³-hybridized carbons (Fsp3) is 0.714. The minimum atomic E-state index is -0.897. The maximum atomic E-state index is 10.6. The van der Waals surface area contributed by atoms with Gasteiger partial charge >= 0.3 is 5.97 Å². The first-order valence-electron chi connectivity index (χ1n) is 4.03. The molecule has 0 aliphatic rings. The van der Waals surface area contributed by atoms with Crippen LogP contribution in [0.2, 0.25) is 0 Å². The third-order valence-corrected chi connectivity index (χ3v) is 1.90. The number of hydrogen-bond acceptors (Lipinski definition) is 3. The van der Waals surface area contributed by atoms with Crippen LogP contribution in [0, 0.1) is 5.92 Å². The number of hydrogen-bond donors (Lipinski definition) is 2. The van der Waals surface area contributed by atoms with E-state index in [9.17, 15) is 9.59 Å². The van der Waals surface area contributed by atoms with Crippen LogP contribution in [0.5, 0.6) is 0 Å². The number of rotatable bonds is 6. The van der Waals surface area contributed by atoms with E-state index in [1.807, 2.05) is 13.8 Å². The van der Waals surface area contributed by atoms with Crippen molar-refractivity contribution in [2.24, 2.45) is 5.92 Å². The molecule has 0 aromatic rings. The van der Waals surface area contributed by atoms with Gasteiger partial charge in [-0.05, 0) is 5.92 Å². The van der Waals surface area contributed by atoms with Crippen molar-refractivity contribution >= 4 is 19.6 Å². The Labute approximate surface area is 72.6 Å². The molecule has 0 bridgehead atoms. The van der Waals surface area contributed by atoms with Gasteiger partial charge in [-0.15, -0.1) is 0 Å². The molecule has 0 aliphatic heterocycles. The summed E-state index contributed by atoms with van der Waals surface area (Å²) in [6.07, 6.45) is 1.45. The Hall–Kier alpha value is -0.835. The summed E-state index contributed by atoms with van der Waals surface area (Å²) in [5.41, 5.74) is 0. The van der Waals surface area contributed by atoms with Gasteiger partial charge in [0.25, 0.3) is 7.41 Å². The van der Waals surface area contributed by atoms with Crippen LogP contribution in [-0.4, -0.2) is 30.7 Å². The minimum absolute atomic E-state index is 0.0439. The zero-order chi connectivity index (χ0) is 9.56. The van der Waals surface area contributed by atoms with E-state index in [4.69, 9.17) is 5.11 Å². The Morgan fingerprint density at radius 2 is 2.33 bits per heavy atom.